The van der Waals surface area contributed by atoms with Crippen LogP contribution in [0.2, 0.25) is 0 Å². The van der Waals surface area contributed by atoms with E-state index < -0.39 is 10.4 Å². The van der Waals surface area contributed by atoms with Gasteiger partial charge in [0.1, 0.15) is 0 Å². The molecular weight excluding hydrogens is 262 g/mol. The van der Waals surface area contributed by atoms with Crippen molar-refractivity contribution in [1.82, 2.24) is 0 Å². The summed E-state index contributed by atoms with van der Waals surface area (Å²) in [4.78, 5) is 3.71. The molecule has 1 N–H and O–H groups in total. The van der Waals surface area contributed by atoms with E-state index in [1.54, 1.807) is 0 Å². The van der Waals surface area contributed by atoms with E-state index in [0.29, 0.717) is 5.37 Å². The molecule has 7 heteroatoms. The lowest BCUT2D eigenvalue weighted by Gasteiger charge is -2.16. The first-order chi connectivity index (χ1) is 7.85. The highest BCUT2D eigenvalue weighted by molar-refractivity contribution is 8.00. The molecule has 0 radical (unpaired) electrons. The standard InChI is InChI=1S/C9H11NS.CH4O4S/c1-7-10(2)8-5-3-4-6-9(8)11-7;1-5-6(2,3)4/h3-7H,1-2H3;1H3,(H,2,3,4). The number of nitrogens with zero attached hydrogens (tertiary/aromatic N) is 1. The third kappa shape index (κ3) is 4.19. The van der Waals surface area contributed by atoms with Crippen molar-refractivity contribution >= 4 is 27.8 Å². The second-order valence-corrected chi connectivity index (χ2v) is 5.94. The number of thioether (sulfide) groups is 1. The van der Waals surface area contributed by atoms with Crippen LogP contribution in [0.25, 0.3) is 0 Å². The van der Waals surface area contributed by atoms with E-state index in [9.17, 15) is 8.42 Å². The van der Waals surface area contributed by atoms with Crippen LogP contribution in [0.4, 0.5) is 5.69 Å². The number of rotatable bonds is 1. The van der Waals surface area contributed by atoms with Gasteiger partial charge in [0.05, 0.1) is 18.2 Å². The Morgan fingerprint density at radius 3 is 2.41 bits per heavy atom. The maximum Gasteiger partial charge on any atom is 0.397 e. The van der Waals surface area contributed by atoms with Crippen LogP contribution in [0.1, 0.15) is 6.92 Å². The van der Waals surface area contributed by atoms with Gasteiger partial charge in [0, 0.05) is 11.9 Å². The van der Waals surface area contributed by atoms with Crippen LogP contribution >= 0.6 is 11.8 Å². The van der Waals surface area contributed by atoms with Crippen molar-refractivity contribution in [3.05, 3.63) is 24.3 Å². The third-order valence-corrected chi connectivity index (χ3v) is 3.98. The Morgan fingerprint density at radius 1 is 1.41 bits per heavy atom. The Hall–Kier alpha value is -0.760. The molecule has 5 nitrogen and oxygen atoms in total. The molecule has 1 heterocycles. The Morgan fingerprint density at radius 2 is 1.94 bits per heavy atom. The predicted octanol–water partition coefficient (Wildman–Crippen LogP) is 2.01. The van der Waals surface area contributed by atoms with Crippen LogP contribution in [-0.2, 0) is 14.6 Å². The maximum atomic E-state index is 9.33. The van der Waals surface area contributed by atoms with Gasteiger partial charge in [-0.3, -0.25) is 8.74 Å². The van der Waals surface area contributed by atoms with Crippen LogP contribution in [-0.4, -0.2) is 32.5 Å². The van der Waals surface area contributed by atoms with Gasteiger partial charge in [0.15, 0.2) is 0 Å². The highest BCUT2D eigenvalue weighted by Crippen LogP contribution is 2.41. The van der Waals surface area contributed by atoms with Gasteiger partial charge < -0.3 is 4.90 Å². The fourth-order valence-electron chi connectivity index (χ4n) is 1.31. The molecule has 0 saturated heterocycles. The zero-order valence-electron chi connectivity index (χ0n) is 9.82. The van der Waals surface area contributed by atoms with Gasteiger partial charge in [0.25, 0.3) is 0 Å². The summed E-state index contributed by atoms with van der Waals surface area (Å²) in [7, 11) is -1.15. The molecule has 0 spiro atoms. The second kappa shape index (κ2) is 5.72. The molecule has 1 aliphatic heterocycles. The number of para-hydroxylation sites is 1. The summed E-state index contributed by atoms with van der Waals surface area (Å²) in [5.74, 6) is 0. The van der Waals surface area contributed by atoms with Crippen molar-refractivity contribution in [2.75, 3.05) is 19.1 Å². The summed E-state index contributed by atoms with van der Waals surface area (Å²) in [5, 5.41) is 0.590. The molecule has 0 bridgehead atoms. The van der Waals surface area contributed by atoms with Crippen molar-refractivity contribution in [2.24, 2.45) is 0 Å². The number of anilines is 1. The van der Waals surface area contributed by atoms with Gasteiger partial charge in [-0.1, -0.05) is 23.9 Å². The maximum absolute atomic E-state index is 9.33. The van der Waals surface area contributed by atoms with Crippen molar-refractivity contribution in [1.29, 1.82) is 0 Å². The van der Waals surface area contributed by atoms with Crippen LogP contribution in [0, 0.1) is 0 Å². The first-order valence-corrected chi connectivity index (χ1v) is 7.11. The summed E-state index contributed by atoms with van der Waals surface area (Å²) in [6.45, 7) is 2.23. The number of hydrogen-bond donors (Lipinski definition) is 1. The minimum absolute atomic E-state index is 0.590. The van der Waals surface area contributed by atoms with Crippen LogP contribution in [0.3, 0.4) is 0 Å². The van der Waals surface area contributed by atoms with E-state index in [1.807, 2.05) is 11.8 Å². The lowest BCUT2D eigenvalue weighted by Crippen LogP contribution is -2.20. The van der Waals surface area contributed by atoms with Crippen LogP contribution in [0.15, 0.2) is 29.2 Å². The van der Waals surface area contributed by atoms with Gasteiger partial charge >= 0.3 is 10.4 Å². The van der Waals surface area contributed by atoms with Crippen molar-refractivity contribution < 1.29 is 17.2 Å². The second-order valence-electron chi connectivity index (χ2n) is 3.39. The van der Waals surface area contributed by atoms with Crippen molar-refractivity contribution in [2.45, 2.75) is 17.2 Å². The van der Waals surface area contributed by atoms with E-state index in [1.165, 1.54) is 10.6 Å². The fraction of sp³-hybridized carbons (Fsp3) is 0.400. The first kappa shape index (κ1) is 14.3. The van der Waals surface area contributed by atoms with E-state index in [2.05, 4.69) is 47.3 Å². The van der Waals surface area contributed by atoms with E-state index in [4.69, 9.17) is 4.55 Å². The molecular formula is C10H15NO4S2. The lowest BCUT2D eigenvalue weighted by atomic mass is 10.3. The van der Waals surface area contributed by atoms with Gasteiger partial charge in [-0.05, 0) is 19.1 Å². The Kier molecular flexibility index (Phi) is 4.81. The van der Waals surface area contributed by atoms with Gasteiger partial charge in [-0.2, -0.15) is 8.42 Å². The average molecular weight is 277 g/mol. The Balaban J connectivity index is 0.000000209. The molecule has 2 rings (SSSR count). The average Bonchev–Trinajstić information content (AvgIpc) is 2.56. The molecule has 0 aromatic heterocycles. The van der Waals surface area contributed by atoms with Crippen molar-refractivity contribution in [3.63, 3.8) is 0 Å². The summed E-state index contributed by atoms with van der Waals surface area (Å²) < 4.78 is 29.7. The molecule has 1 aliphatic rings. The quantitative estimate of drug-likeness (QED) is 0.792. The molecule has 1 atom stereocenters. The highest BCUT2D eigenvalue weighted by Gasteiger charge is 2.22. The summed E-state index contributed by atoms with van der Waals surface area (Å²) in [6.07, 6.45) is 0. The summed E-state index contributed by atoms with van der Waals surface area (Å²) in [5.41, 5.74) is 1.37. The largest absolute Gasteiger partial charge is 0.397 e. The topological polar surface area (TPSA) is 66.8 Å². The van der Waals surface area contributed by atoms with Crippen LogP contribution < -0.4 is 4.90 Å². The summed E-state index contributed by atoms with van der Waals surface area (Å²) >= 11 is 1.93. The van der Waals surface area contributed by atoms with E-state index >= 15 is 0 Å². The number of benzene rings is 1. The Bertz CT molecular complexity index is 475. The smallest absolute Gasteiger partial charge is 0.362 e. The van der Waals surface area contributed by atoms with E-state index in [0.717, 1.165) is 7.11 Å². The minimum atomic E-state index is -4.16. The monoisotopic (exact) mass is 277 g/mol. The lowest BCUT2D eigenvalue weighted by molar-refractivity contribution is 0.324. The molecule has 1 aromatic carbocycles. The van der Waals surface area contributed by atoms with Crippen LogP contribution in [0.5, 0.6) is 0 Å². The first-order valence-electron chi connectivity index (χ1n) is 4.86. The normalized spacial score (nSPS) is 18.4. The molecule has 0 saturated carbocycles. The molecule has 1 aromatic rings. The van der Waals surface area contributed by atoms with Crippen molar-refractivity contribution in [3.8, 4) is 0 Å². The SMILES string of the molecule is CC1Sc2ccccc2N1C.COS(=O)(=O)O. The molecule has 1 unspecified atom stereocenters. The van der Waals surface area contributed by atoms with Gasteiger partial charge in [-0.15, -0.1) is 0 Å². The number of fused-ring (bicyclic) bond motifs is 1. The third-order valence-electron chi connectivity index (χ3n) is 2.30. The molecule has 0 aliphatic carbocycles. The zero-order chi connectivity index (χ0) is 13.1. The highest BCUT2D eigenvalue weighted by atomic mass is 32.3. The minimum Gasteiger partial charge on any atom is -0.362 e. The zero-order valence-corrected chi connectivity index (χ0v) is 11.5. The van der Waals surface area contributed by atoms with Gasteiger partial charge in [0.2, 0.25) is 0 Å². The predicted molar refractivity (Wildman–Crippen MR) is 68.7 cm³/mol. The fourth-order valence-corrected chi connectivity index (χ4v) is 2.44. The molecule has 96 valence electrons. The molecule has 0 fully saturated rings. The summed E-state index contributed by atoms with van der Waals surface area (Å²) in [6, 6.07) is 8.54. The number of hydrogen-bond acceptors (Lipinski definition) is 5. The van der Waals surface area contributed by atoms with Gasteiger partial charge in [-0.25, -0.2) is 0 Å². The molecule has 0 amide bonds. The van der Waals surface area contributed by atoms with E-state index in [-0.39, 0.29) is 0 Å². The molecule has 17 heavy (non-hydrogen) atoms. The Labute approximate surface area is 106 Å².